The topological polar surface area (TPSA) is 61.7 Å². The first kappa shape index (κ1) is 14.4. The highest BCUT2D eigenvalue weighted by Gasteiger charge is 2.08. The van der Waals surface area contributed by atoms with Gasteiger partial charge in [-0.2, -0.15) is 5.10 Å². The average molecular weight is 309 g/mol. The number of carboxylic acids is 1. The van der Waals surface area contributed by atoms with E-state index in [1.54, 1.807) is 18.3 Å². The summed E-state index contributed by atoms with van der Waals surface area (Å²) in [6.45, 7) is 0. The van der Waals surface area contributed by atoms with Crippen LogP contribution >= 0.6 is 23.2 Å². The molecule has 0 aliphatic carbocycles. The molecule has 0 atom stereocenters. The maximum Gasteiger partial charge on any atom is 0.337 e. The van der Waals surface area contributed by atoms with E-state index in [1.807, 2.05) is 18.2 Å². The molecule has 0 radical (unpaired) electrons. The van der Waals surface area contributed by atoms with Crippen LogP contribution in [0, 0.1) is 0 Å². The lowest BCUT2D eigenvalue weighted by atomic mass is 10.2. The van der Waals surface area contributed by atoms with E-state index < -0.39 is 5.97 Å². The molecule has 0 heterocycles. The third kappa shape index (κ3) is 3.50. The van der Waals surface area contributed by atoms with Crippen molar-refractivity contribution >= 4 is 41.1 Å². The molecule has 20 heavy (non-hydrogen) atoms. The zero-order valence-electron chi connectivity index (χ0n) is 10.2. The first-order valence-electron chi connectivity index (χ1n) is 5.64. The second-order valence-electron chi connectivity index (χ2n) is 3.89. The summed E-state index contributed by atoms with van der Waals surface area (Å²) in [6, 6.07) is 11.8. The molecule has 102 valence electrons. The van der Waals surface area contributed by atoms with Crippen LogP contribution in [0.2, 0.25) is 10.0 Å². The molecule has 0 amide bonds. The molecule has 2 N–H and O–H groups in total. The summed E-state index contributed by atoms with van der Waals surface area (Å²) in [6.07, 6.45) is 1.55. The summed E-state index contributed by atoms with van der Waals surface area (Å²) < 4.78 is 0. The summed E-state index contributed by atoms with van der Waals surface area (Å²) in [4.78, 5) is 10.9. The van der Waals surface area contributed by atoms with Gasteiger partial charge in [0, 0.05) is 10.6 Å². The largest absolute Gasteiger partial charge is 0.478 e. The van der Waals surface area contributed by atoms with Crippen LogP contribution in [0.15, 0.2) is 47.6 Å². The Morgan fingerprint density at radius 1 is 1.15 bits per heavy atom. The fourth-order valence-electron chi connectivity index (χ4n) is 1.51. The molecule has 4 nitrogen and oxygen atoms in total. The number of halogens is 2. The van der Waals surface area contributed by atoms with Crippen molar-refractivity contribution in [1.82, 2.24) is 0 Å². The van der Waals surface area contributed by atoms with E-state index >= 15 is 0 Å². The number of rotatable bonds is 4. The minimum Gasteiger partial charge on any atom is -0.478 e. The van der Waals surface area contributed by atoms with Crippen LogP contribution < -0.4 is 5.43 Å². The minimum absolute atomic E-state index is 0.0182. The zero-order valence-corrected chi connectivity index (χ0v) is 11.7. The van der Waals surface area contributed by atoms with E-state index in [9.17, 15) is 4.79 Å². The first-order valence-corrected chi connectivity index (χ1v) is 6.40. The standard InChI is InChI=1S/C14H10Cl2N2O2/c15-12-4-2-1-3-9(12)8-17-18-10-5-6-13(16)11(7-10)14(19)20/h1-8,18H,(H,19,20)/b17-8+. The fourth-order valence-corrected chi connectivity index (χ4v) is 1.90. The van der Waals surface area contributed by atoms with Gasteiger partial charge in [0.2, 0.25) is 0 Å². The Morgan fingerprint density at radius 3 is 2.60 bits per heavy atom. The van der Waals surface area contributed by atoms with Crippen LogP contribution in [0.5, 0.6) is 0 Å². The molecule has 2 aromatic carbocycles. The number of hydrogen-bond acceptors (Lipinski definition) is 3. The van der Waals surface area contributed by atoms with Crippen LogP contribution in [0.3, 0.4) is 0 Å². The summed E-state index contributed by atoms with van der Waals surface area (Å²) in [5.74, 6) is -1.09. The van der Waals surface area contributed by atoms with Crippen molar-refractivity contribution < 1.29 is 9.90 Å². The van der Waals surface area contributed by atoms with Gasteiger partial charge in [0.25, 0.3) is 0 Å². The van der Waals surface area contributed by atoms with Crippen molar-refractivity contribution in [2.75, 3.05) is 5.43 Å². The van der Waals surface area contributed by atoms with Crippen LogP contribution in [-0.2, 0) is 0 Å². The molecule has 6 heteroatoms. The number of nitrogens with zero attached hydrogens (tertiary/aromatic N) is 1. The molecule has 0 unspecified atom stereocenters. The highest BCUT2D eigenvalue weighted by Crippen LogP contribution is 2.20. The second-order valence-corrected chi connectivity index (χ2v) is 4.71. The van der Waals surface area contributed by atoms with Gasteiger partial charge in [0.05, 0.1) is 22.5 Å². The fraction of sp³-hybridized carbons (Fsp3) is 0. The highest BCUT2D eigenvalue weighted by atomic mass is 35.5. The van der Waals surface area contributed by atoms with Gasteiger partial charge in [0.1, 0.15) is 0 Å². The van der Waals surface area contributed by atoms with Crippen LogP contribution in [-0.4, -0.2) is 17.3 Å². The molecule has 0 fully saturated rings. The smallest absolute Gasteiger partial charge is 0.337 e. The Bertz CT molecular complexity index is 672. The van der Waals surface area contributed by atoms with E-state index in [0.717, 1.165) is 5.56 Å². The van der Waals surface area contributed by atoms with Gasteiger partial charge in [-0.3, -0.25) is 5.43 Å². The molecule has 0 bridgehead atoms. The molecule has 0 saturated heterocycles. The Labute approximate surface area is 125 Å². The van der Waals surface area contributed by atoms with Crippen molar-refractivity contribution in [3.8, 4) is 0 Å². The van der Waals surface area contributed by atoms with Gasteiger partial charge in [-0.15, -0.1) is 0 Å². The molecule has 0 saturated carbocycles. The Balaban J connectivity index is 2.14. The molecular weight excluding hydrogens is 299 g/mol. The molecule has 0 aliphatic rings. The lowest BCUT2D eigenvalue weighted by Gasteiger charge is -2.03. The SMILES string of the molecule is O=C(O)c1cc(N/N=C/c2ccccc2Cl)ccc1Cl. The third-order valence-corrected chi connectivity index (χ3v) is 3.17. The monoisotopic (exact) mass is 308 g/mol. The Kier molecular flexibility index (Phi) is 4.61. The minimum atomic E-state index is -1.09. The number of anilines is 1. The van der Waals surface area contributed by atoms with E-state index in [-0.39, 0.29) is 10.6 Å². The summed E-state index contributed by atoms with van der Waals surface area (Å²) in [5, 5.41) is 13.7. The first-order chi connectivity index (χ1) is 9.58. The number of aromatic carboxylic acids is 1. The molecule has 0 aliphatic heterocycles. The zero-order chi connectivity index (χ0) is 14.5. The molecular formula is C14H10Cl2N2O2. The van der Waals surface area contributed by atoms with Crippen LogP contribution in [0.4, 0.5) is 5.69 Å². The predicted octanol–water partition coefficient (Wildman–Crippen LogP) is 4.14. The second kappa shape index (κ2) is 6.41. The van der Waals surface area contributed by atoms with E-state index in [4.69, 9.17) is 28.3 Å². The van der Waals surface area contributed by atoms with Gasteiger partial charge in [-0.1, -0.05) is 41.4 Å². The van der Waals surface area contributed by atoms with E-state index in [1.165, 1.54) is 12.1 Å². The number of carbonyl (C=O) groups is 1. The molecule has 2 aromatic rings. The van der Waals surface area contributed by atoms with E-state index in [2.05, 4.69) is 10.5 Å². The van der Waals surface area contributed by atoms with Gasteiger partial charge in [0.15, 0.2) is 0 Å². The van der Waals surface area contributed by atoms with Crippen molar-refractivity contribution in [2.24, 2.45) is 5.10 Å². The van der Waals surface area contributed by atoms with Crippen molar-refractivity contribution in [3.63, 3.8) is 0 Å². The third-order valence-electron chi connectivity index (χ3n) is 2.50. The summed E-state index contributed by atoms with van der Waals surface area (Å²) in [5.41, 5.74) is 4.03. The summed E-state index contributed by atoms with van der Waals surface area (Å²) in [7, 11) is 0. The Hall–Kier alpha value is -2.04. The van der Waals surface area contributed by atoms with Crippen molar-refractivity contribution in [3.05, 3.63) is 63.6 Å². The van der Waals surface area contributed by atoms with Crippen molar-refractivity contribution in [1.29, 1.82) is 0 Å². The highest BCUT2D eigenvalue weighted by molar-refractivity contribution is 6.33. The quantitative estimate of drug-likeness (QED) is 0.659. The van der Waals surface area contributed by atoms with Gasteiger partial charge < -0.3 is 5.11 Å². The molecule has 2 rings (SSSR count). The number of hydrazone groups is 1. The maximum atomic E-state index is 10.9. The van der Waals surface area contributed by atoms with Crippen LogP contribution in [0.25, 0.3) is 0 Å². The Morgan fingerprint density at radius 2 is 1.90 bits per heavy atom. The number of nitrogens with one attached hydrogen (secondary N) is 1. The number of benzene rings is 2. The van der Waals surface area contributed by atoms with Crippen molar-refractivity contribution in [2.45, 2.75) is 0 Å². The number of carboxylic acid groups (broad SMARTS) is 1. The normalized spacial score (nSPS) is 10.7. The molecule has 0 aromatic heterocycles. The average Bonchev–Trinajstić information content (AvgIpc) is 2.42. The van der Waals surface area contributed by atoms with Crippen LogP contribution in [0.1, 0.15) is 15.9 Å². The maximum absolute atomic E-state index is 10.9. The molecule has 0 spiro atoms. The lowest BCUT2D eigenvalue weighted by Crippen LogP contribution is -1.99. The van der Waals surface area contributed by atoms with Gasteiger partial charge >= 0.3 is 5.97 Å². The van der Waals surface area contributed by atoms with Gasteiger partial charge in [-0.25, -0.2) is 4.79 Å². The lowest BCUT2D eigenvalue weighted by molar-refractivity contribution is 0.0697. The predicted molar refractivity (Wildman–Crippen MR) is 81.1 cm³/mol. The number of hydrogen-bond donors (Lipinski definition) is 2. The van der Waals surface area contributed by atoms with E-state index in [0.29, 0.717) is 10.7 Å². The summed E-state index contributed by atoms with van der Waals surface area (Å²) >= 11 is 11.8. The van der Waals surface area contributed by atoms with Gasteiger partial charge in [-0.05, 0) is 24.3 Å².